The van der Waals surface area contributed by atoms with Crippen molar-refractivity contribution in [2.45, 2.75) is 19.8 Å². The Morgan fingerprint density at radius 1 is 0.967 bits per heavy atom. The van der Waals surface area contributed by atoms with Gasteiger partial charge in [-0.1, -0.05) is 53.6 Å². The van der Waals surface area contributed by atoms with Gasteiger partial charge in [-0.15, -0.1) is 0 Å². The van der Waals surface area contributed by atoms with E-state index >= 15 is 0 Å². The minimum Gasteiger partial charge on any atom is -0.325 e. The second kappa shape index (κ2) is 11.7. The van der Waals surface area contributed by atoms with Crippen LogP contribution < -0.4 is 21.5 Å². The smallest absolute Gasteiger partial charge is 0.250 e. The van der Waals surface area contributed by atoms with Gasteiger partial charge < -0.3 is 5.32 Å². The molecule has 0 atom stereocenters. The fourth-order valence-corrected chi connectivity index (χ4v) is 2.56. The van der Waals surface area contributed by atoms with E-state index in [1.54, 1.807) is 30.3 Å². The number of carbonyl (C=O) groups excluding carboxylic acids is 3. The first kappa shape index (κ1) is 23.1. The van der Waals surface area contributed by atoms with Gasteiger partial charge in [0.15, 0.2) is 5.11 Å². The number of para-hydroxylation sites is 1. The molecule has 0 aromatic heterocycles. The Morgan fingerprint density at radius 2 is 1.63 bits per heavy atom. The Bertz CT molecular complexity index is 961. The maximum absolute atomic E-state index is 11.9. The lowest BCUT2D eigenvalue weighted by Crippen LogP contribution is -2.48. The summed E-state index contributed by atoms with van der Waals surface area (Å²) in [6.45, 7) is 1.98. The number of aryl methyl sites for hydroxylation is 1. The quantitative estimate of drug-likeness (QED) is 0.312. The summed E-state index contributed by atoms with van der Waals surface area (Å²) in [5, 5.41) is 5.38. The van der Waals surface area contributed by atoms with E-state index in [1.807, 2.05) is 31.2 Å². The molecule has 0 saturated heterocycles. The minimum absolute atomic E-state index is 0.0445. The molecule has 0 aliphatic rings. The molecule has 0 heterocycles. The van der Waals surface area contributed by atoms with E-state index in [4.69, 9.17) is 23.8 Å². The van der Waals surface area contributed by atoms with Gasteiger partial charge in [0.25, 0.3) is 0 Å². The van der Waals surface area contributed by atoms with E-state index in [1.165, 1.54) is 6.08 Å². The summed E-state index contributed by atoms with van der Waals surface area (Å²) >= 11 is 10.9. The molecule has 0 spiro atoms. The predicted molar refractivity (Wildman–Crippen MR) is 122 cm³/mol. The molecular weight excluding hydrogens is 424 g/mol. The average Bonchev–Trinajstić information content (AvgIpc) is 2.72. The molecule has 7 nitrogen and oxygen atoms in total. The summed E-state index contributed by atoms with van der Waals surface area (Å²) in [4.78, 5) is 35.6. The Kier molecular flexibility index (Phi) is 8.99. The zero-order valence-corrected chi connectivity index (χ0v) is 17.8. The van der Waals surface area contributed by atoms with Crippen LogP contribution in [0.2, 0.25) is 5.02 Å². The maximum atomic E-state index is 11.9. The number of benzene rings is 2. The van der Waals surface area contributed by atoms with Crippen molar-refractivity contribution in [1.82, 2.24) is 16.2 Å². The molecule has 0 unspecified atom stereocenters. The minimum atomic E-state index is -0.462. The first-order valence-corrected chi connectivity index (χ1v) is 9.81. The second-order valence-electron chi connectivity index (χ2n) is 6.26. The van der Waals surface area contributed by atoms with Gasteiger partial charge in [-0.2, -0.15) is 0 Å². The molecule has 2 aromatic rings. The van der Waals surface area contributed by atoms with Crippen LogP contribution in [0.15, 0.2) is 54.6 Å². The molecule has 4 N–H and O–H groups in total. The fourth-order valence-electron chi connectivity index (χ4n) is 2.23. The van der Waals surface area contributed by atoms with Crippen LogP contribution in [-0.4, -0.2) is 22.8 Å². The monoisotopic (exact) mass is 444 g/mol. The lowest BCUT2D eigenvalue weighted by molar-refractivity contribution is -0.124. The van der Waals surface area contributed by atoms with Crippen LogP contribution in [0.1, 0.15) is 24.0 Å². The van der Waals surface area contributed by atoms with Crippen molar-refractivity contribution in [2.75, 3.05) is 5.32 Å². The van der Waals surface area contributed by atoms with Crippen LogP contribution in [0.5, 0.6) is 0 Å². The third-order valence-corrected chi connectivity index (χ3v) is 4.32. The number of hydrogen-bond donors (Lipinski definition) is 4. The lowest BCUT2D eigenvalue weighted by Gasteiger charge is -2.10. The molecule has 30 heavy (non-hydrogen) atoms. The predicted octanol–water partition coefficient (Wildman–Crippen LogP) is 3.10. The van der Waals surface area contributed by atoms with Gasteiger partial charge >= 0.3 is 0 Å². The molecule has 2 aromatic carbocycles. The van der Waals surface area contributed by atoms with Gasteiger partial charge in [-0.25, -0.2) is 0 Å². The van der Waals surface area contributed by atoms with Crippen molar-refractivity contribution in [3.05, 3.63) is 70.8 Å². The molecule has 156 valence electrons. The SMILES string of the molecule is Cc1ccc(C=CC(=O)NC(=S)NNC(=O)CCC(=O)Nc2ccccc2Cl)cc1. The molecule has 0 radical (unpaired) electrons. The molecule has 3 amide bonds. The van der Waals surface area contributed by atoms with Gasteiger partial charge in [-0.05, 0) is 42.9 Å². The molecule has 0 bridgehead atoms. The van der Waals surface area contributed by atoms with E-state index in [-0.39, 0.29) is 23.9 Å². The summed E-state index contributed by atoms with van der Waals surface area (Å²) in [6.07, 6.45) is 2.86. The Labute approximate surface area is 184 Å². The van der Waals surface area contributed by atoms with Gasteiger partial charge in [0, 0.05) is 18.9 Å². The van der Waals surface area contributed by atoms with Gasteiger partial charge in [0.1, 0.15) is 0 Å². The highest BCUT2D eigenvalue weighted by molar-refractivity contribution is 7.80. The van der Waals surface area contributed by atoms with E-state index in [2.05, 4.69) is 21.5 Å². The topological polar surface area (TPSA) is 99.3 Å². The fraction of sp³-hybridized carbons (Fsp3) is 0.143. The van der Waals surface area contributed by atoms with Crippen LogP contribution in [0.3, 0.4) is 0 Å². The summed E-state index contributed by atoms with van der Waals surface area (Å²) in [5.41, 5.74) is 7.21. The first-order chi connectivity index (χ1) is 14.3. The number of hydrazine groups is 1. The Hall–Kier alpha value is -3.23. The average molecular weight is 445 g/mol. The molecular formula is C21H21ClN4O3S. The molecule has 0 aliphatic heterocycles. The molecule has 0 fully saturated rings. The third-order valence-electron chi connectivity index (χ3n) is 3.78. The lowest BCUT2D eigenvalue weighted by atomic mass is 10.1. The number of carbonyl (C=O) groups is 3. The number of hydrogen-bond acceptors (Lipinski definition) is 4. The van der Waals surface area contributed by atoms with E-state index < -0.39 is 11.8 Å². The maximum Gasteiger partial charge on any atom is 0.250 e. The van der Waals surface area contributed by atoms with Gasteiger partial charge in [0.2, 0.25) is 17.7 Å². The van der Waals surface area contributed by atoms with Crippen molar-refractivity contribution >= 4 is 58.4 Å². The van der Waals surface area contributed by atoms with Crippen molar-refractivity contribution in [2.24, 2.45) is 0 Å². The van der Waals surface area contributed by atoms with Gasteiger partial charge in [0.05, 0.1) is 10.7 Å². The van der Waals surface area contributed by atoms with Crippen molar-refractivity contribution < 1.29 is 14.4 Å². The zero-order valence-electron chi connectivity index (χ0n) is 16.2. The van der Waals surface area contributed by atoms with E-state index in [9.17, 15) is 14.4 Å². The standard InChI is InChI=1S/C21H21ClN4O3S/c1-14-6-8-15(9-7-14)10-11-19(28)24-21(30)26-25-20(29)13-12-18(27)23-17-5-3-2-4-16(17)22/h2-11H,12-13H2,1H3,(H,23,27)(H,25,29)(H2,24,26,28,30). The Balaban J connectivity index is 1.66. The van der Waals surface area contributed by atoms with Crippen molar-refractivity contribution in [3.63, 3.8) is 0 Å². The highest BCUT2D eigenvalue weighted by atomic mass is 35.5. The number of rotatable bonds is 6. The van der Waals surface area contributed by atoms with Crippen molar-refractivity contribution in [1.29, 1.82) is 0 Å². The third kappa shape index (κ3) is 8.42. The number of anilines is 1. The summed E-state index contributed by atoms with van der Waals surface area (Å²) < 4.78 is 0. The number of amides is 3. The van der Waals surface area contributed by atoms with Gasteiger partial charge in [-0.3, -0.25) is 30.6 Å². The zero-order chi connectivity index (χ0) is 21.9. The van der Waals surface area contributed by atoms with Crippen LogP contribution in [0.4, 0.5) is 5.69 Å². The van der Waals surface area contributed by atoms with Crippen LogP contribution in [0, 0.1) is 6.92 Å². The van der Waals surface area contributed by atoms with Crippen LogP contribution in [0.25, 0.3) is 6.08 Å². The molecule has 0 saturated carbocycles. The van der Waals surface area contributed by atoms with E-state index in [0.717, 1.165) is 11.1 Å². The first-order valence-electron chi connectivity index (χ1n) is 9.02. The normalized spacial score (nSPS) is 10.3. The molecule has 0 aliphatic carbocycles. The Morgan fingerprint density at radius 3 is 2.33 bits per heavy atom. The summed E-state index contributed by atoms with van der Waals surface area (Å²) in [5.74, 6) is -1.26. The number of nitrogens with one attached hydrogen (secondary N) is 4. The van der Waals surface area contributed by atoms with Crippen molar-refractivity contribution in [3.8, 4) is 0 Å². The second-order valence-corrected chi connectivity index (χ2v) is 7.08. The number of thiocarbonyl (C=S) groups is 1. The molecule has 9 heteroatoms. The highest BCUT2D eigenvalue weighted by Gasteiger charge is 2.09. The summed E-state index contributed by atoms with van der Waals surface area (Å²) in [6, 6.07) is 14.5. The summed E-state index contributed by atoms with van der Waals surface area (Å²) in [7, 11) is 0. The van der Waals surface area contributed by atoms with E-state index in [0.29, 0.717) is 10.7 Å². The number of halogens is 1. The molecule has 2 rings (SSSR count). The highest BCUT2D eigenvalue weighted by Crippen LogP contribution is 2.20. The largest absolute Gasteiger partial charge is 0.325 e. The van der Waals surface area contributed by atoms with Crippen LogP contribution in [-0.2, 0) is 14.4 Å². The van der Waals surface area contributed by atoms with Crippen LogP contribution >= 0.6 is 23.8 Å².